The van der Waals surface area contributed by atoms with Crippen molar-refractivity contribution in [3.63, 3.8) is 0 Å². The smallest absolute Gasteiger partial charge is 0.303 e. The quantitative estimate of drug-likeness (QED) is 0.741. The van der Waals surface area contributed by atoms with Crippen LogP contribution in [0.4, 0.5) is 0 Å². The van der Waals surface area contributed by atoms with Crippen LogP contribution in [0.5, 0.6) is 0 Å². The van der Waals surface area contributed by atoms with Crippen molar-refractivity contribution in [1.82, 2.24) is 9.62 Å². The number of sulfonamides is 1. The summed E-state index contributed by atoms with van der Waals surface area (Å²) in [6, 6.07) is 5.53. The van der Waals surface area contributed by atoms with E-state index in [2.05, 4.69) is 4.72 Å². The van der Waals surface area contributed by atoms with Crippen molar-refractivity contribution in [2.75, 3.05) is 13.6 Å². The average Bonchev–Trinajstić information content (AvgIpc) is 2.44. The molecule has 1 amide bonds. The van der Waals surface area contributed by atoms with Crippen LogP contribution in [0.15, 0.2) is 29.2 Å². The van der Waals surface area contributed by atoms with E-state index < -0.39 is 16.0 Å². The SMILES string of the molecule is CC(C)NS(=O)(=O)c1cccc(C(=O)N(C)CCCC(=O)O)c1. The molecule has 7 nitrogen and oxygen atoms in total. The molecule has 0 fully saturated rings. The Morgan fingerprint density at radius 2 is 1.96 bits per heavy atom. The van der Waals surface area contributed by atoms with Crippen LogP contribution < -0.4 is 4.72 Å². The second-order valence-electron chi connectivity index (χ2n) is 5.53. The molecule has 0 aliphatic rings. The topological polar surface area (TPSA) is 104 Å². The fourth-order valence-corrected chi connectivity index (χ4v) is 3.26. The highest BCUT2D eigenvalue weighted by molar-refractivity contribution is 7.89. The van der Waals surface area contributed by atoms with E-state index in [1.165, 1.54) is 29.2 Å². The van der Waals surface area contributed by atoms with Crippen LogP contribution in [0.2, 0.25) is 0 Å². The number of benzene rings is 1. The van der Waals surface area contributed by atoms with Crippen molar-refractivity contribution in [2.45, 2.75) is 37.6 Å². The minimum Gasteiger partial charge on any atom is -0.481 e. The molecule has 0 spiro atoms. The van der Waals surface area contributed by atoms with Gasteiger partial charge in [0.05, 0.1) is 4.90 Å². The van der Waals surface area contributed by atoms with E-state index in [4.69, 9.17) is 5.11 Å². The summed E-state index contributed by atoms with van der Waals surface area (Å²) in [6.07, 6.45) is 0.314. The van der Waals surface area contributed by atoms with E-state index in [1.807, 2.05) is 0 Å². The molecule has 0 aliphatic heterocycles. The molecule has 0 unspecified atom stereocenters. The van der Waals surface area contributed by atoms with Gasteiger partial charge in [0.25, 0.3) is 5.91 Å². The Morgan fingerprint density at radius 3 is 2.52 bits per heavy atom. The number of rotatable bonds is 8. The van der Waals surface area contributed by atoms with Crippen LogP contribution in [0, 0.1) is 0 Å². The molecule has 128 valence electrons. The van der Waals surface area contributed by atoms with E-state index in [0.29, 0.717) is 6.42 Å². The van der Waals surface area contributed by atoms with Crippen LogP contribution in [-0.4, -0.2) is 49.9 Å². The van der Waals surface area contributed by atoms with Crippen LogP contribution in [0.25, 0.3) is 0 Å². The van der Waals surface area contributed by atoms with Crippen molar-refractivity contribution in [3.8, 4) is 0 Å². The number of aliphatic carboxylic acids is 1. The first kappa shape index (κ1) is 19.1. The minimum absolute atomic E-state index is 0.0235. The van der Waals surface area contributed by atoms with Crippen LogP contribution in [0.1, 0.15) is 37.0 Å². The fourth-order valence-electron chi connectivity index (χ4n) is 1.96. The first-order chi connectivity index (χ1) is 10.6. The van der Waals surface area contributed by atoms with Crippen molar-refractivity contribution < 1.29 is 23.1 Å². The number of nitrogens with one attached hydrogen (secondary N) is 1. The first-order valence-corrected chi connectivity index (χ1v) is 8.71. The Balaban J connectivity index is 2.87. The highest BCUT2D eigenvalue weighted by atomic mass is 32.2. The number of carbonyl (C=O) groups excluding carboxylic acids is 1. The summed E-state index contributed by atoms with van der Waals surface area (Å²) in [5, 5.41) is 8.60. The van der Waals surface area contributed by atoms with Crippen molar-refractivity contribution >= 4 is 21.9 Å². The Bertz CT molecular complexity index is 670. The van der Waals surface area contributed by atoms with Gasteiger partial charge in [-0.05, 0) is 38.5 Å². The third kappa shape index (κ3) is 5.99. The van der Waals surface area contributed by atoms with Gasteiger partial charge in [-0.25, -0.2) is 13.1 Å². The number of amides is 1. The third-order valence-electron chi connectivity index (χ3n) is 3.01. The zero-order valence-electron chi connectivity index (χ0n) is 13.4. The summed E-state index contributed by atoms with van der Waals surface area (Å²) in [5.41, 5.74) is 0.245. The molecule has 0 bridgehead atoms. The molecule has 0 radical (unpaired) electrons. The normalized spacial score (nSPS) is 11.5. The molecule has 0 saturated carbocycles. The molecule has 0 aromatic heterocycles. The van der Waals surface area contributed by atoms with Gasteiger partial charge in [0.2, 0.25) is 10.0 Å². The highest BCUT2D eigenvalue weighted by Crippen LogP contribution is 2.14. The molecule has 0 saturated heterocycles. The van der Waals surface area contributed by atoms with Gasteiger partial charge in [0, 0.05) is 31.6 Å². The number of hydrogen-bond acceptors (Lipinski definition) is 4. The number of hydrogen-bond donors (Lipinski definition) is 2. The van der Waals surface area contributed by atoms with E-state index >= 15 is 0 Å². The van der Waals surface area contributed by atoms with E-state index in [0.717, 1.165) is 0 Å². The summed E-state index contributed by atoms with van der Waals surface area (Å²) in [5.74, 6) is -1.27. The van der Waals surface area contributed by atoms with Crippen molar-refractivity contribution in [3.05, 3.63) is 29.8 Å². The summed E-state index contributed by atoms with van der Waals surface area (Å²) in [6.45, 7) is 3.71. The zero-order chi connectivity index (χ0) is 17.6. The van der Waals surface area contributed by atoms with E-state index in [1.54, 1.807) is 20.9 Å². The monoisotopic (exact) mass is 342 g/mol. The molecular formula is C15H22N2O5S. The lowest BCUT2D eigenvalue weighted by Crippen LogP contribution is -2.31. The van der Waals surface area contributed by atoms with Gasteiger partial charge in [-0.2, -0.15) is 0 Å². The van der Waals surface area contributed by atoms with Gasteiger partial charge >= 0.3 is 5.97 Å². The van der Waals surface area contributed by atoms with Gasteiger partial charge in [-0.3, -0.25) is 9.59 Å². The van der Waals surface area contributed by atoms with Gasteiger partial charge in [-0.1, -0.05) is 6.07 Å². The molecule has 1 rings (SSSR count). The Hall–Kier alpha value is -1.93. The van der Waals surface area contributed by atoms with Crippen LogP contribution in [0.3, 0.4) is 0 Å². The maximum Gasteiger partial charge on any atom is 0.303 e. The summed E-state index contributed by atoms with van der Waals surface area (Å²) >= 11 is 0. The van der Waals surface area contributed by atoms with Crippen LogP contribution in [-0.2, 0) is 14.8 Å². The van der Waals surface area contributed by atoms with Gasteiger partial charge in [-0.15, -0.1) is 0 Å². The Labute approximate surface area is 136 Å². The van der Waals surface area contributed by atoms with E-state index in [-0.39, 0.29) is 35.4 Å². The third-order valence-corrected chi connectivity index (χ3v) is 4.67. The largest absolute Gasteiger partial charge is 0.481 e. The molecule has 23 heavy (non-hydrogen) atoms. The lowest BCUT2D eigenvalue weighted by atomic mass is 10.2. The zero-order valence-corrected chi connectivity index (χ0v) is 14.3. The Morgan fingerprint density at radius 1 is 1.30 bits per heavy atom. The predicted octanol–water partition coefficient (Wildman–Crippen LogP) is 1.31. The lowest BCUT2D eigenvalue weighted by Gasteiger charge is -2.17. The summed E-state index contributed by atoms with van der Waals surface area (Å²) in [7, 11) is -2.11. The fraction of sp³-hybridized carbons (Fsp3) is 0.467. The molecule has 1 aromatic rings. The van der Waals surface area contributed by atoms with Crippen LogP contribution >= 0.6 is 0 Å². The van der Waals surface area contributed by atoms with Gasteiger partial charge in [0.1, 0.15) is 0 Å². The van der Waals surface area contributed by atoms with Crippen molar-refractivity contribution in [1.29, 1.82) is 0 Å². The average molecular weight is 342 g/mol. The second kappa shape index (κ2) is 8.07. The van der Waals surface area contributed by atoms with Gasteiger partial charge < -0.3 is 10.0 Å². The summed E-state index contributed by atoms with van der Waals surface area (Å²) in [4.78, 5) is 24.2. The number of carboxylic acid groups (broad SMARTS) is 1. The molecule has 1 aromatic carbocycles. The predicted molar refractivity (Wildman–Crippen MR) is 85.7 cm³/mol. The maximum atomic E-state index is 12.3. The first-order valence-electron chi connectivity index (χ1n) is 7.23. The number of carbonyl (C=O) groups is 2. The van der Waals surface area contributed by atoms with Gasteiger partial charge in [0.15, 0.2) is 0 Å². The maximum absolute atomic E-state index is 12.3. The van der Waals surface area contributed by atoms with E-state index in [9.17, 15) is 18.0 Å². The Kier molecular flexibility index (Phi) is 6.71. The van der Waals surface area contributed by atoms with Crippen molar-refractivity contribution in [2.24, 2.45) is 0 Å². The molecule has 0 atom stereocenters. The molecular weight excluding hydrogens is 320 g/mol. The summed E-state index contributed by atoms with van der Waals surface area (Å²) < 4.78 is 26.7. The molecule has 8 heteroatoms. The highest BCUT2D eigenvalue weighted by Gasteiger charge is 2.18. The molecule has 0 aliphatic carbocycles. The second-order valence-corrected chi connectivity index (χ2v) is 7.24. The number of carboxylic acids is 1. The molecule has 2 N–H and O–H groups in total. The minimum atomic E-state index is -3.67. The standard InChI is InChI=1S/C15H22N2O5S/c1-11(2)16-23(21,22)13-7-4-6-12(10-13)15(20)17(3)9-5-8-14(18)19/h4,6-7,10-11,16H,5,8-9H2,1-3H3,(H,18,19). The molecule has 0 heterocycles. The number of nitrogens with zero attached hydrogens (tertiary/aromatic N) is 1. The lowest BCUT2D eigenvalue weighted by molar-refractivity contribution is -0.137.